The number of rotatable bonds is 7. The topological polar surface area (TPSA) is 75.8 Å². The van der Waals surface area contributed by atoms with Crippen LogP contribution in [0.15, 0.2) is 18.2 Å². The zero-order valence-corrected chi connectivity index (χ0v) is 14.1. The number of nitro benzene ring substituents is 1. The fourth-order valence-corrected chi connectivity index (χ4v) is 2.09. The van der Waals surface area contributed by atoms with E-state index in [4.69, 9.17) is 16.3 Å². The summed E-state index contributed by atoms with van der Waals surface area (Å²) >= 11 is 6.07. The summed E-state index contributed by atoms with van der Waals surface area (Å²) in [6.45, 7) is 6.80. The number of benzene rings is 1. The molecule has 124 valence electrons. The van der Waals surface area contributed by atoms with E-state index in [1.54, 1.807) is 0 Å². The molecule has 0 radical (unpaired) electrons. The van der Waals surface area contributed by atoms with E-state index in [9.17, 15) is 15.2 Å². The molecule has 6 nitrogen and oxygen atoms in total. The molecule has 0 fully saturated rings. The van der Waals surface area contributed by atoms with Crippen molar-refractivity contribution >= 4 is 17.3 Å². The number of non-ortho nitro benzene ring substituents is 1. The third-order valence-corrected chi connectivity index (χ3v) is 3.28. The largest absolute Gasteiger partial charge is 0.389 e. The summed E-state index contributed by atoms with van der Waals surface area (Å²) in [5.41, 5.74) is 0.356. The summed E-state index contributed by atoms with van der Waals surface area (Å²) < 4.78 is 5.52. The Bertz CT molecular complexity index is 517. The summed E-state index contributed by atoms with van der Waals surface area (Å²) in [5.74, 6) is 0. The third-order valence-electron chi connectivity index (χ3n) is 2.91. The minimum atomic E-state index is -0.637. The van der Waals surface area contributed by atoms with E-state index in [1.165, 1.54) is 18.2 Å². The molecule has 0 heterocycles. The molecule has 1 aromatic carbocycles. The van der Waals surface area contributed by atoms with Gasteiger partial charge in [-0.05, 0) is 39.4 Å². The molecule has 0 aromatic heterocycles. The number of nitro groups is 1. The zero-order chi connectivity index (χ0) is 16.9. The van der Waals surface area contributed by atoms with Crippen molar-refractivity contribution in [2.24, 2.45) is 0 Å². The Balaban J connectivity index is 2.59. The highest BCUT2D eigenvalue weighted by atomic mass is 35.5. The van der Waals surface area contributed by atoms with Crippen LogP contribution in [0, 0.1) is 10.1 Å². The molecule has 0 spiro atoms. The number of likely N-dealkylation sites (N-methyl/N-ethyl adjacent to an activating group) is 1. The van der Waals surface area contributed by atoms with Crippen molar-refractivity contribution in [1.29, 1.82) is 0 Å². The minimum Gasteiger partial charge on any atom is -0.389 e. The highest BCUT2D eigenvalue weighted by molar-refractivity contribution is 6.31. The number of ether oxygens (including phenoxy) is 1. The standard InChI is InChI=1S/C15H23ClN2O4/c1-15(2,3)22-10-13(19)9-17(4)8-11-7-12(18(20)21)5-6-14(11)16/h5-7,13,19H,8-10H2,1-4H3. The minimum absolute atomic E-state index is 0.00409. The van der Waals surface area contributed by atoms with Crippen LogP contribution in [-0.2, 0) is 11.3 Å². The highest BCUT2D eigenvalue weighted by Gasteiger charge is 2.16. The van der Waals surface area contributed by atoms with Gasteiger partial charge >= 0.3 is 0 Å². The maximum atomic E-state index is 10.8. The van der Waals surface area contributed by atoms with Crippen molar-refractivity contribution in [3.05, 3.63) is 38.9 Å². The molecule has 0 aliphatic rings. The number of hydrogen-bond acceptors (Lipinski definition) is 5. The maximum Gasteiger partial charge on any atom is 0.269 e. The summed E-state index contributed by atoms with van der Waals surface area (Å²) in [7, 11) is 1.81. The smallest absolute Gasteiger partial charge is 0.269 e. The number of nitrogens with zero attached hydrogens (tertiary/aromatic N) is 2. The second-order valence-corrected chi connectivity index (χ2v) is 6.71. The lowest BCUT2D eigenvalue weighted by atomic mass is 10.1. The molecule has 1 N–H and O–H groups in total. The van der Waals surface area contributed by atoms with Gasteiger partial charge in [0.15, 0.2) is 0 Å². The third kappa shape index (κ3) is 6.70. The van der Waals surface area contributed by atoms with Crippen LogP contribution in [0.5, 0.6) is 0 Å². The fourth-order valence-electron chi connectivity index (χ4n) is 1.91. The van der Waals surface area contributed by atoms with Gasteiger partial charge in [-0.25, -0.2) is 0 Å². The highest BCUT2D eigenvalue weighted by Crippen LogP contribution is 2.23. The van der Waals surface area contributed by atoms with Gasteiger partial charge in [0, 0.05) is 30.2 Å². The van der Waals surface area contributed by atoms with Crippen LogP contribution in [0.1, 0.15) is 26.3 Å². The van der Waals surface area contributed by atoms with Crippen LogP contribution in [0.3, 0.4) is 0 Å². The van der Waals surface area contributed by atoms with Gasteiger partial charge in [-0.15, -0.1) is 0 Å². The summed E-state index contributed by atoms with van der Waals surface area (Å²) in [5, 5.41) is 21.2. The van der Waals surface area contributed by atoms with Gasteiger partial charge in [0.2, 0.25) is 0 Å². The van der Waals surface area contributed by atoms with E-state index < -0.39 is 11.0 Å². The molecule has 7 heteroatoms. The molecular formula is C15H23ClN2O4. The van der Waals surface area contributed by atoms with Gasteiger partial charge in [0.05, 0.1) is 23.2 Å². The molecule has 0 amide bonds. The number of hydrogen-bond donors (Lipinski definition) is 1. The molecule has 22 heavy (non-hydrogen) atoms. The molecule has 1 unspecified atom stereocenters. The van der Waals surface area contributed by atoms with Gasteiger partial charge in [0.25, 0.3) is 5.69 Å². The monoisotopic (exact) mass is 330 g/mol. The molecule has 0 aliphatic heterocycles. The predicted molar refractivity (Wildman–Crippen MR) is 86.2 cm³/mol. The lowest BCUT2D eigenvalue weighted by molar-refractivity contribution is -0.384. The number of aliphatic hydroxyl groups excluding tert-OH is 1. The van der Waals surface area contributed by atoms with Crippen LogP contribution >= 0.6 is 11.6 Å². The number of halogens is 1. The molecule has 0 aliphatic carbocycles. The van der Waals surface area contributed by atoms with Crippen molar-refractivity contribution in [3.8, 4) is 0 Å². The molecule has 0 bridgehead atoms. The van der Waals surface area contributed by atoms with E-state index in [0.29, 0.717) is 23.7 Å². The zero-order valence-electron chi connectivity index (χ0n) is 13.4. The van der Waals surface area contributed by atoms with E-state index in [1.807, 2.05) is 32.7 Å². The number of aliphatic hydroxyl groups is 1. The average Bonchev–Trinajstić information content (AvgIpc) is 2.38. The van der Waals surface area contributed by atoms with E-state index in [-0.39, 0.29) is 17.9 Å². The van der Waals surface area contributed by atoms with Crippen molar-refractivity contribution in [1.82, 2.24) is 4.90 Å². The molecule has 0 saturated carbocycles. The normalized spacial score (nSPS) is 13.4. The van der Waals surface area contributed by atoms with Crippen LogP contribution in [0.25, 0.3) is 0 Å². The van der Waals surface area contributed by atoms with Crippen molar-refractivity contribution in [3.63, 3.8) is 0 Å². The van der Waals surface area contributed by atoms with E-state index >= 15 is 0 Å². The average molecular weight is 331 g/mol. The Morgan fingerprint density at radius 1 is 1.45 bits per heavy atom. The van der Waals surface area contributed by atoms with E-state index in [2.05, 4.69) is 0 Å². The fraction of sp³-hybridized carbons (Fsp3) is 0.600. The van der Waals surface area contributed by atoms with Crippen LogP contribution in [0.2, 0.25) is 5.02 Å². The van der Waals surface area contributed by atoms with Gasteiger partial charge in [-0.1, -0.05) is 11.6 Å². The summed E-state index contributed by atoms with van der Waals surface area (Å²) in [6, 6.07) is 4.34. The Morgan fingerprint density at radius 3 is 2.64 bits per heavy atom. The van der Waals surface area contributed by atoms with Gasteiger partial charge in [-0.3, -0.25) is 15.0 Å². The Morgan fingerprint density at radius 2 is 2.09 bits per heavy atom. The molecule has 1 rings (SSSR count). The van der Waals surface area contributed by atoms with Gasteiger partial charge < -0.3 is 9.84 Å². The quantitative estimate of drug-likeness (QED) is 0.614. The first-order chi connectivity index (χ1) is 10.1. The Labute approximate surface area is 135 Å². The maximum absolute atomic E-state index is 10.8. The van der Waals surface area contributed by atoms with Crippen LogP contribution in [0.4, 0.5) is 5.69 Å². The Hall–Kier alpha value is -1.21. The van der Waals surface area contributed by atoms with Crippen molar-refractivity contribution in [2.45, 2.75) is 39.0 Å². The second kappa shape index (κ2) is 7.87. The predicted octanol–water partition coefficient (Wildman–Crippen LogP) is 2.86. The van der Waals surface area contributed by atoms with Gasteiger partial charge in [-0.2, -0.15) is 0 Å². The molecule has 0 saturated heterocycles. The first kappa shape index (κ1) is 18.8. The van der Waals surface area contributed by atoms with E-state index in [0.717, 1.165) is 0 Å². The first-order valence-corrected chi connectivity index (χ1v) is 7.39. The Kier molecular flexibility index (Phi) is 6.74. The lowest BCUT2D eigenvalue weighted by Crippen LogP contribution is -2.34. The van der Waals surface area contributed by atoms with Crippen LogP contribution < -0.4 is 0 Å². The van der Waals surface area contributed by atoms with Crippen LogP contribution in [-0.4, -0.2) is 46.8 Å². The van der Waals surface area contributed by atoms with Crippen molar-refractivity contribution in [2.75, 3.05) is 20.2 Å². The SMILES string of the molecule is CN(Cc1cc([N+](=O)[O-])ccc1Cl)CC(O)COC(C)(C)C. The summed E-state index contributed by atoms with van der Waals surface area (Å²) in [4.78, 5) is 12.2. The first-order valence-electron chi connectivity index (χ1n) is 7.02. The molecular weight excluding hydrogens is 308 g/mol. The lowest BCUT2D eigenvalue weighted by Gasteiger charge is -2.25. The van der Waals surface area contributed by atoms with Gasteiger partial charge in [0.1, 0.15) is 0 Å². The molecule has 1 atom stereocenters. The second-order valence-electron chi connectivity index (χ2n) is 6.31. The van der Waals surface area contributed by atoms with Crippen molar-refractivity contribution < 1.29 is 14.8 Å². The molecule has 1 aromatic rings. The summed E-state index contributed by atoms with van der Waals surface area (Å²) in [6.07, 6.45) is -0.637.